The van der Waals surface area contributed by atoms with Gasteiger partial charge in [0.2, 0.25) is 0 Å². The highest BCUT2D eigenvalue weighted by Crippen LogP contribution is 2.06. The monoisotopic (exact) mass is 267 g/mol. The average molecular weight is 267 g/mol. The molecule has 1 rings (SSSR count). The van der Waals surface area contributed by atoms with E-state index in [4.69, 9.17) is 15.2 Å². The van der Waals surface area contributed by atoms with E-state index in [2.05, 4.69) is 4.98 Å². The second-order valence-corrected chi connectivity index (χ2v) is 4.02. The van der Waals surface area contributed by atoms with Crippen molar-refractivity contribution in [2.24, 2.45) is 5.73 Å². The van der Waals surface area contributed by atoms with Crippen LogP contribution in [-0.2, 0) is 16.0 Å². The van der Waals surface area contributed by atoms with Crippen LogP contribution in [0.1, 0.15) is 16.1 Å². The summed E-state index contributed by atoms with van der Waals surface area (Å²) in [5.41, 5.74) is 6.81. The number of pyridine rings is 1. The lowest BCUT2D eigenvalue weighted by molar-refractivity contribution is 0.0627. The maximum Gasteiger partial charge on any atom is 0.254 e. The number of aromatic nitrogens is 1. The Kier molecular flexibility index (Phi) is 7.02. The Bertz CT molecular complexity index is 390. The summed E-state index contributed by atoms with van der Waals surface area (Å²) in [5.74, 6) is -0.0637. The van der Waals surface area contributed by atoms with Gasteiger partial charge in [0, 0.05) is 45.6 Å². The molecular formula is C13H21N3O3. The Morgan fingerprint density at radius 2 is 1.95 bits per heavy atom. The quantitative estimate of drug-likeness (QED) is 0.732. The number of carbonyl (C=O) groups excluding carboxylic acids is 1. The van der Waals surface area contributed by atoms with E-state index in [9.17, 15) is 4.79 Å². The third-order valence-corrected chi connectivity index (χ3v) is 2.69. The van der Waals surface area contributed by atoms with Crippen LogP contribution in [0.25, 0.3) is 0 Å². The number of nitrogens with two attached hydrogens (primary N) is 1. The van der Waals surface area contributed by atoms with Crippen molar-refractivity contribution in [1.29, 1.82) is 0 Å². The molecule has 6 heteroatoms. The van der Waals surface area contributed by atoms with Crippen molar-refractivity contribution in [2.75, 3.05) is 40.5 Å². The van der Waals surface area contributed by atoms with Gasteiger partial charge in [-0.05, 0) is 12.1 Å². The number of ether oxygens (including phenoxy) is 2. The van der Waals surface area contributed by atoms with Gasteiger partial charge in [0.25, 0.3) is 5.91 Å². The maximum atomic E-state index is 12.4. The van der Waals surface area contributed by atoms with Crippen LogP contribution in [0.2, 0.25) is 0 Å². The van der Waals surface area contributed by atoms with Crippen LogP contribution >= 0.6 is 0 Å². The van der Waals surface area contributed by atoms with Crippen molar-refractivity contribution in [3.63, 3.8) is 0 Å². The van der Waals surface area contributed by atoms with Crippen molar-refractivity contribution >= 4 is 5.91 Å². The third-order valence-electron chi connectivity index (χ3n) is 2.69. The summed E-state index contributed by atoms with van der Waals surface area (Å²) < 4.78 is 10.0. The number of amides is 1. The van der Waals surface area contributed by atoms with Crippen molar-refractivity contribution in [3.8, 4) is 0 Å². The normalized spacial score (nSPS) is 10.5. The summed E-state index contributed by atoms with van der Waals surface area (Å²) >= 11 is 0. The SMILES string of the molecule is COCCN(CCOC)C(=O)c1ccnc(CN)c1. The molecule has 0 unspecified atom stereocenters. The van der Waals surface area contributed by atoms with Gasteiger partial charge >= 0.3 is 0 Å². The summed E-state index contributed by atoms with van der Waals surface area (Å²) in [7, 11) is 3.22. The molecule has 1 aromatic rings. The molecule has 106 valence electrons. The van der Waals surface area contributed by atoms with Gasteiger partial charge in [-0.25, -0.2) is 0 Å². The molecule has 0 aliphatic carbocycles. The van der Waals surface area contributed by atoms with Gasteiger partial charge < -0.3 is 20.1 Å². The Balaban J connectivity index is 2.77. The van der Waals surface area contributed by atoms with Gasteiger partial charge in [-0.2, -0.15) is 0 Å². The molecule has 0 atom stereocenters. The molecule has 0 aliphatic rings. The molecule has 0 saturated heterocycles. The summed E-state index contributed by atoms with van der Waals surface area (Å²) in [6, 6.07) is 3.41. The zero-order chi connectivity index (χ0) is 14.1. The molecule has 0 aromatic carbocycles. The summed E-state index contributed by atoms with van der Waals surface area (Å²) in [6.45, 7) is 2.35. The lowest BCUT2D eigenvalue weighted by Gasteiger charge is -2.22. The second kappa shape index (κ2) is 8.58. The zero-order valence-corrected chi connectivity index (χ0v) is 11.5. The minimum Gasteiger partial charge on any atom is -0.383 e. The predicted octanol–water partition coefficient (Wildman–Crippen LogP) is 0.275. The van der Waals surface area contributed by atoms with Crippen molar-refractivity contribution in [3.05, 3.63) is 29.6 Å². The van der Waals surface area contributed by atoms with E-state index in [0.29, 0.717) is 44.1 Å². The van der Waals surface area contributed by atoms with E-state index in [1.54, 1.807) is 37.4 Å². The summed E-state index contributed by atoms with van der Waals surface area (Å²) in [5, 5.41) is 0. The van der Waals surface area contributed by atoms with E-state index in [0.717, 1.165) is 0 Å². The maximum absolute atomic E-state index is 12.4. The van der Waals surface area contributed by atoms with Crippen molar-refractivity contribution in [1.82, 2.24) is 9.88 Å². The number of hydrogen-bond donors (Lipinski definition) is 1. The highest BCUT2D eigenvalue weighted by Gasteiger charge is 2.15. The molecule has 0 bridgehead atoms. The molecule has 6 nitrogen and oxygen atoms in total. The fraction of sp³-hybridized carbons (Fsp3) is 0.538. The number of carbonyl (C=O) groups is 1. The lowest BCUT2D eigenvalue weighted by Crippen LogP contribution is -2.36. The number of nitrogens with zero attached hydrogens (tertiary/aromatic N) is 2. The van der Waals surface area contributed by atoms with Crippen LogP contribution in [0.15, 0.2) is 18.3 Å². The van der Waals surface area contributed by atoms with E-state index in [-0.39, 0.29) is 5.91 Å². The Hall–Kier alpha value is -1.50. The molecule has 0 fully saturated rings. The molecule has 0 aliphatic heterocycles. The van der Waals surface area contributed by atoms with E-state index >= 15 is 0 Å². The molecule has 0 saturated carbocycles. The molecule has 0 radical (unpaired) electrons. The highest BCUT2D eigenvalue weighted by atomic mass is 16.5. The predicted molar refractivity (Wildman–Crippen MR) is 71.8 cm³/mol. The molecule has 1 aromatic heterocycles. The number of methoxy groups -OCH3 is 2. The molecule has 2 N–H and O–H groups in total. The fourth-order valence-electron chi connectivity index (χ4n) is 1.62. The molecule has 1 amide bonds. The van der Waals surface area contributed by atoms with Crippen LogP contribution in [0, 0.1) is 0 Å². The van der Waals surface area contributed by atoms with Gasteiger partial charge in [-0.15, -0.1) is 0 Å². The minimum absolute atomic E-state index is 0.0637. The number of hydrogen-bond acceptors (Lipinski definition) is 5. The van der Waals surface area contributed by atoms with Crippen LogP contribution < -0.4 is 5.73 Å². The number of rotatable bonds is 8. The van der Waals surface area contributed by atoms with Crippen LogP contribution in [-0.4, -0.2) is 56.3 Å². The first kappa shape index (κ1) is 15.6. The van der Waals surface area contributed by atoms with Crippen LogP contribution in [0.3, 0.4) is 0 Å². The van der Waals surface area contributed by atoms with Crippen molar-refractivity contribution in [2.45, 2.75) is 6.54 Å². The first-order valence-corrected chi connectivity index (χ1v) is 6.15. The van der Waals surface area contributed by atoms with E-state index in [1.807, 2.05) is 0 Å². The Labute approximate surface area is 113 Å². The highest BCUT2D eigenvalue weighted by molar-refractivity contribution is 5.94. The van der Waals surface area contributed by atoms with Gasteiger partial charge in [-0.3, -0.25) is 9.78 Å². The third kappa shape index (κ3) is 4.94. The lowest BCUT2D eigenvalue weighted by atomic mass is 10.2. The summed E-state index contributed by atoms with van der Waals surface area (Å²) in [6.07, 6.45) is 1.60. The first-order chi connectivity index (χ1) is 9.22. The van der Waals surface area contributed by atoms with Gasteiger partial charge in [0.05, 0.1) is 18.9 Å². The Morgan fingerprint density at radius 1 is 1.32 bits per heavy atom. The van der Waals surface area contributed by atoms with Crippen LogP contribution in [0.5, 0.6) is 0 Å². The van der Waals surface area contributed by atoms with E-state index in [1.165, 1.54) is 0 Å². The second-order valence-electron chi connectivity index (χ2n) is 4.02. The summed E-state index contributed by atoms with van der Waals surface area (Å²) in [4.78, 5) is 18.1. The molecule has 0 spiro atoms. The van der Waals surface area contributed by atoms with Crippen molar-refractivity contribution < 1.29 is 14.3 Å². The fourth-order valence-corrected chi connectivity index (χ4v) is 1.62. The first-order valence-electron chi connectivity index (χ1n) is 6.15. The van der Waals surface area contributed by atoms with Gasteiger partial charge in [0.1, 0.15) is 0 Å². The Morgan fingerprint density at radius 3 is 2.47 bits per heavy atom. The standard InChI is InChI=1S/C13H21N3O3/c1-18-7-5-16(6-8-19-2)13(17)11-3-4-15-12(9-11)10-14/h3-4,9H,5-8,10,14H2,1-2H3. The smallest absolute Gasteiger partial charge is 0.254 e. The van der Waals surface area contributed by atoms with E-state index < -0.39 is 0 Å². The molecular weight excluding hydrogens is 246 g/mol. The van der Waals surface area contributed by atoms with Gasteiger partial charge in [0.15, 0.2) is 0 Å². The van der Waals surface area contributed by atoms with Gasteiger partial charge in [-0.1, -0.05) is 0 Å². The largest absolute Gasteiger partial charge is 0.383 e. The molecule has 1 heterocycles. The van der Waals surface area contributed by atoms with Crippen LogP contribution in [0.4, 0.5) is 0 Å². The topological polar surface area (TPSA) is 77.7 Å². The molecule has 19 heavy (non-hydrogen) atoms. The minimum atomic E-state index is -0.0637. The average Bonchev–Trinajstić information content (AvgIpc) is 2.47. The zero-order valence-electron chi connectivity index (χ0n) is 11.5.